The number of aromatic nitrogens is 1. The van der Waals surface area contributed by atoms with Gasteiger partial charge in [-0.15, -0.1) is 0 Å². The van der Waals surface area contributed by atoms with Gasteiger partial charge in [0.25, 0.3) is 11.2 Å². The molecular weight excluding hydrogens is 530 g/mol. The highest BCUT2D eigenvalue weighted by Gasteiger charge is 2.33. The lowest BCUT2D eigenvalue weighted by Gasteiger charge is -2.24. The average Bonchev–Trinajstić information content (AvgIpc) is 3.48. The number of hydrogen-bond acceptors (Lipinski definition) is 8. The number of carbonyl (C=O) groups is 1. The van der Waals surface area contributed by atoms with Crippen LogP contribution in [0.3, 0.4) is 0 Å². The van der Waals surface area contributed by atoms with Gasteiger partial charge < -0.3 is 9.15 Å². The largest absolute Gasteiger partial charge is 0.463 e. The lowest BCUT2D eigenvalue weighted by molar-refractivity contribution is -0.384. The van der Waals surface area contributed by atoms with Crippen LogP contribution in [-0.4, -0.2) is 22.1 Å². The van der Waals surface area contributed by atoms with Crippen LogP contribution in [0.4, 0.5) is 5.69 Å². The van der Waals surface area contributed by atoms with E-state index in [0.717, 1.165) is 0 Å². The van der Waals surface area contributed by atoms with Crippen molar-refractivity contribution in [3.05, 3.63) is 118 Å². The van der Waals surface area contributed by atoms with Crippen LogP contribution in [0.1, 0.15) is 31.2 Å². The quantitative estimate of drug-likeness (QED) is 0.197. The Bertz CT molecular complexity index is 1760. The Morgan fingerprint density at radius 3 is 2.55 bits per heavy atom. The molecule has 0 saturated carbocycles. The molecule has 0 bridgehead atoms. The fourth-order valence-corrected chi connectivity index (χ4v) is 5.37. The summed E-state index contributed by atoms with van der Waals surface area (Å²) < 4.78 is 13.0. The van der Waals surface area contributed by atoms with E-state index < -0.39 is 16.9 Å². The third-order valence-electron chi connectivity index (χ3n) is 5.97. The number of fused-ring (bicyclic) bond motifs is 1. The second kappa shape index (κ2) is 10.2. The minimum absolute atomic E-state index is 0.0191. The summed E-state index contributed by atoms with van der Waals surface area (Å²) in [5, 5.41) is 11.4. The zero-order valence-corrected chi connectivity index (χ0v) is 21.8. The molecule has 38 heavy (non-hydrogen) atoms. The van der Waals surface area contributed by atoms with Gasteiger partial charge in [-0.05, 0) is 55.8 Å². The van der Waals surface area contributed by atoms with Crippen molar-refractivity contribution in [3.63, 3.8) is 0 Å². The molecule has 0 spiro atoms. The van der Waals surface area contributed by atoms with Gasteiger partial charge in [0.05, 0.1) is 33.4 Å². The van der Waals surface area contributed by atoms with E-state index in [0.29, 0.717) is 42.7 Å². The Morgan fingerprint density at radius 2 is 1.89 bits per heavy atom. The number of furan rings is 1. The van der Waals surface area contributed by atoms with E-state index in [2.05, 4.69) is 4.99 Å². The van der Waals surface area contributed by atoms with Crippen molar-refractivity contribution in [1.82, 2.24) is 4.57 Å². The van der Waals surface area contributed by atoms with Crippen molar-refractivity contribution < 1.29 is 18.9 Å². The summed E-state index contributed by atoms with van der Waals surface area (Å²) in [6.07, 6.45) is 1.61. The molecule has 1 atom stereocenters. The summed E-state index contributed by atoms with van der Waals surface area (Å²) in [4.78, 5) is 42.0. The first kappa shape index (κ1) is 25.4. The van der Waals surface area contributed by atoms with Crippen molar-refractivity contribution >= 4 is 40.7 Å². The van der Waals surface area contributed by atoms with E-state index in [1.807, 2.05) is 0 Å². The number of rotatable bonds is 6. The number of allylic oxidation sites excluding steroid dienone is 1. The molecule has 0 N–H and O–H groups in total. The van der Waals surface area contributed by atoms with Crippen molar-refractivity contribution in [1.29, 1.82) is 0 Å². The molecule has 5 rings (SSSR count). The molecular formula is C27H20ClN3O6S. The van der Waals surface area contributed by atoms with Crippen LogP contribution < -0.4 is 14.9 Å². The maximum atomic E-state index is 13.7. The van der Waals surface area contributed by atoms with Crippen LogP contribution in [0, 0.1) is 10.1 Å². The Morgan fingerprint density at radius 1 is 1.18 bits per heavy atom. The zero-order chi connectivity index (χ0) is 27.0. The summed E-state index contributed by atoms with van der Waals surface area (Å²) >= 11 is 7.27. The van der Waals surface area contributed by atoms with Crippen LogP contribution in [-0.2, 0) is 9.53 Å². The highest BCUT2D eigenvalue weighted by Crippen LogP contribution is 2.31. The first-order valence-electron chi connectivity index (χ1n) is 11.6. The van der Waals surface area contributed by atoms with Crippen LogP contribution >= 0.6 is 22.9 Å². The number of thiazole rings is 1. The van der Waals surface area contributed by atoms with Crippen LogP contribution in [0.2, 0.25) is 5.02 Å². The summed E-state index contributed by atoms with van der Waals surface area (Å²) in [5.74, 6) is 0.383. The molecule has 0 aliphatic carbocycles. The summed E-state index contributed by atoms with van der Waals surface area (Å²) in [6, 6.07) is 15.6. The zero-order valence-electron chi connectivity index (χ0n) is 20.2. The maximum Gasteiger partial charge on any atom is 0.338 e. The van der Waals surface area contributed by atoms with Gasteiger partial charge in [0.1, 0.15) is 11.5 Å². The third kappa shape index (κ3) is 4.71. The third-order valence-corrected chi connectivity index (χ3v) is 7.20. The minimum Gasteiger partial charge on any atom is -0.463 e. The highest BCUT2D eigenvalue weighted by atomic mass is 35.5. The number of hydrogen-bond donors (Lipinski definition) is 0. The SMILES string of the molecule is CCOC(=O)C1=C(C)N=c2sc(=Cc3ccc(-c4ccc([N+](=O)[O-])cc4)o3)c(=O)n2C1c1ccc(Cl)cc1. The number of nitro benzene ring substituents is 1. The van der Waals surface area contributed by atoms with E-state index >= 15 is 0 Å². The molecule has 1 aliphatic heterocycles. The van der Waals surface area contributed by atoms with Gasteiger partial charge in [-0.2, -0.15) is 0 Å². The Hall–Kier alpha value is -4.28. The number of nitro groups is 1. The maximum absolute atomic E-state index is 13.7. The topological polar surface area (TPSA) is 117 Å². The Labute approximate surface area is 224 Å². The molecule has 9 nitrogen and oxygen atoms in total. The fourth-order valence-electron chi connectivity index (χ4n) is 4.21. The number of non-ortho nitro benzene ring substituents is 1. The van der Waals surface area contributed by atoms with E-state index in [1.165, 1.54) is 28.0 Å². The summed E-state index contributed by atoms with van der Waals surface area (Å²) in [6.45, 7) is 3.62. The molecule has 11 heteroatoms. The number of halogens is 1. The molecule has 1 unspecified atom stereocenters. The number of carbonyl (C=O) groups excluding carboxylic acids is 1. The lowest BCUT2D eigenvalue weighted by Crippen LogP contribution is -2.39. The molecule has 1 aliphatic rings. The van der Waals surface area contributed by atoms with Gasteiger partial charge in [0.2, 0.25) is 0 Å². The van der Waals surface area contributed by atoms with E-state index in [1.54, 1.807) is 68.5 Å². The number of esters is 1. The predicted molar refractivity (Wildman–Crippen MR) is 143 cm³/mol. The molecule has 2 aromatic carbocycles. The van der Waals surface area contributed by atoms with Gasteiger partial charge in [-0.3, -0.25) is 19.5 Å². The molecule has 0 amide bonds. The standard InChI is InChI=1S/C27H20ClN3O6S/c1-3-36-26(33)23-15(2)29-27-30(24(23)17-4-8-18(28)9-5-17)25(32)22(38-27)14-20-12-13-21(37-20)16-6-10-19(11-7-16)31(34)35/h4-14,24H,3H2,1-2H3. The van der Waals surface area contributed by atoms with Crippen LogP contribution in [0.5, 0.6) is 0 Å². The van der Waals surface area contributed by atoms with Crippen molar-refractivity contribution in [2.24, 2.45) is 4.99 Å². The predicted octanol–water partition coefficient (Wildman–Crippen LogP) is 4.62. The highest BCUT2D eigenvalue weighted by molar-refractivity contribution is 7.07. The lowest BCUT2D eigenvalue weighted by atomic mass is 9.96. The van der Waals surface area contributed by atoms with Crippen molar-refractivity contribution in [2.75, 3.05) is 6.61 Å². The van der Waals surface area contributed by atoms with Crippen molar-refractivity contribution in [3.8, 4) is 11.3 Å². The first-order chi connectivity index (χ1) is 18.3. The molecule has 0 fully saturated rings. The normalized spacial score (nSPS) is 15.2. The van der Waals surface area contributed by atoms with Crippen LogP contribution in [0.25, 0.3) is 17.4 Å². The number of benzene rings is 2. The molecule has 0 saturated heterocycles. The Kier molecular flexibility index (Phi) is 6.83. The first-order valence-corrected chi connectivity index (χ1v) is 12.8. The van der Waals surface area contributed by atoms with E-state index in [4.69, 9.17) is 20.8 Å². The smallest absolute Gasteiger partial charge is 0.338 e. The Balaban J connectivity index is 1.59. The van der Waals surface area contributed by atoms with Crippen LogP contribution in [0.15, 0.2) is 86.1 Å². The molecule has 4 aromatic rings. The molecule has 0 radical (unpaired) electrons. The molecule has 2 aromatic heterocycles. The van der Waals surface area contributed by atoms with E-state index in [-0.39, 0.29) is 23.4 Å². The summed E-state index contributed by atoms with van der Waals surface area (Å²) in [5.41, 5.74) is 1.75. The molecule has 192 valence electrons. The van der Waals surface area contributed by atoms with Gasteiger partial charge >= 0.3 is 5.97 Å². The van der Waals surface area contributed by atoms with Gasteiger partial charge in [-0.1, -0.05) is 35.1 Å². The number of ether oxygens (including phenoxy) is 1. The minimum atomic E-state index is -0.739. The van der Waals surface area contributed by atoms with Gasteiger partial charge in [0.15, 0.2) is 4.80 Å². The second-order valence-electron chi connectivity index (χ2n) is 8.36. The molecule has 3 heterocycles. The van der Waals surface area contributed by atoms with Gasteiger partial charge in [-0.25, -0.2) is 9.79 Å². The van der Waals surface area contributed by atoms with Gasteiger partial charge in [0, 0.05) is 28.8 Å². The number of nitrogens with zero attached hydrogens (tertiary/aromatic N) is 3. The van der Waals surface area contributed by atoms with Crippen molar-refractivity contribution in [2.45, 2.75) is 19.9 Å². The average molecular weight is 550 g/mol. The fraction of sp³-hybridized carbons (Fsp3) is 0.148. The summed E-state index contributed by atoms with van der Waals surface area (Å²) in [7, 11) is 0. The van der Waals surface area contributed by atoms with E-state index in [9.17, 15) is 19.7 Å². The monoisotopic (exact) mass is 549 g/mol. The second-order valence-corrected chi connectivity index (χ2v) is 9.81.